The van der Waals surface area contributed by atoms with Crippen molar-refractivity contribution in [1.29, 1.82) is 0 Å². The molecule has 2 N–H and O–H groups in total. The van der Waals surface area contributed by atoms with E-state index < -0.39 is 16.0 Å². The lowest BCUT2D eigenvalue weighted by Crippen LogP contribution is -2.39. The number of methoxy groups -OCH3 is 1. The van der Waals surface area contributed by atoms with Gasteiger partial charge in [0.25, 0.3) is 10.0 Å². The van der Waals surface area contributed by atoms with Crippen LogP contribution >= 0.6 is 11.3 Å². The highest BCUT2D eigenvalue weighted by Crippen LogP contribution is 2.37. The molecule has 0 aromatic carbocycles. The number of sulfonamides is 1. The van der Waals surface area contributed by atoms with Gasteiger partial charge in [-0.15, -0.1) is 11.3 Å². The van der Waals surface area contributed by atoms with E-state index in [1.165, 1.54) is 4.31 Å². The summed E-state index contributed by atoms with van der Waals surface area (Å²) in [5, 5.41) is 12.7. The molecule has 7 nitrogen and oxygen atoms in total. The summed E-state index contributed by atoms with van der Waals surface area (Å²) in [6.45, 7) is 2.66. The van der Waals surface area contributed by atoms with E-state index in [1.807, 2.05) is 0 Å². The number of hydrogen-bond acceptors (Lipinski definition) is 6. The fourth-order valence-electron chi connectivity index (χ4n) is 3.38. The molecule has 0 spiro atoms. The second kappa shape index (κ2) is 7.09. The molecule has 1 fully saturated rings. The molecule has 0 unspecified atom stereocenters. The third-order valence-corrected chi connectivity index (χ3v) is 8.29. The van der Waals surface area contributed by atoms with E-state index in [9.17, 15) is 18.3 Å². The van der Waals surface area contributed by atoms with Gasteiger partial charge in [-0.05, 0) is 37.3 Å². The molecular formula is C15H22N2O5S2. The highest BCUT2D eigenvalue weighted by molar-refractivity contribution is 7.91. The van der Waals surface area contributed by atoms with Gasteiger partial charge in [0.05, 0.1) is 5.56 Å². The number of fused-ring (bicyclic) bond motifs is 1. The van der Waals surface area contributed by atoms with Crippen molar-refractivity contribution in [3.63, 3.8) is 0 Å². The van der Waals surface area contributed by atoms with E-state index in [1.54, 1.807) is 7.11 Å². The molecule has 134 valence electrons. The summed E-state index contributed by atoms with van der Waals surface area (Å²) >= 11 is 1.10. The van der Waals surface area contributed by atoms with Crippen LogP contribution < -0.4 is 5.32 Å². The van der Waals surface area contributed by atoms with Gasteiger partial charge < -0.3 is 15.2 Å². The molecule has 1 saturated heterocycles. The molecule has 0 radical (unpaired) electrons. The zero-order valence-electron chi connectivity index (χ0n) is 13.6. The quantitative estimate of drug-likeness (QED) is 0.802. The van der Waals surface area contributed by atoms with Crippen LogP contribution in [0.2, 0.25) is 0 Å². The van der Waals surface area contributed by atoms with Gasteiger partial charge in [0.15, 0.2) is 0 Å². The predicted octanol–water partition coefficient (Wildman–Crippen LogP) is 1.14. The normalized spacial score (nSPS) is 20.0. The number of ether oxygens (including phenoxy) is 1. The van der Waals surface area contributed by atoms with Crippen LogP contribution in [0.1, 0.15) is 33.6 Å². The third kappa shape index (κ3) is 3.23. The Kier molecular flexibility index (Phi) is 5.26. The lowest BCUT2D eigenvalue weighted by Gasteiger charge is -2.30. The summed E-state index contributed by atoms with van der Waals surface area (Å²) in [5.41, 5.74) is 0.662. The van der Waals surface area contributed by atoms with Gasteiger partial charge in [0.2, 0.25) is 0 Å². The summed E-state index contributed by atoms with van der Waals surface area (Å²) in [6, 6.07) is 0. The second-order valence-electron chi connectivity index (χ2n) is 6.20. The minimum atomic E-state index is -3.77. The third-order valence-electron chi connectivity index (χ3n) is 4.66. The van der Waals surface area contributed by atoms with Crippen molar-refractivity contribution in [2.45, 2.75) is 30.0 Å². The number of thiophene rings is 1. The smallest absolute Gasteiger partial charge is 0.338 e. The summed E-state index contributed by atoms with van der Waals surface area (Å²) in [7, 11) is -2.12. The van der Waals surface area contributed by atoms with Crippen LogP contribution in [0.5, 0.6) is 0 Å². The molecule has 3 rings (SSSR count). The van der Waals surface area contributed by atoms with Gasteiger partial charge in [-0.2, -0.15) is 4.31 Å². The number of hydrogen-bond donors (Lipinski definition) is 2. The maximum Gasteiger partial charge on any atom is 0.338 e. The maximum absolute atomic E-state index is 13.0. The molecule has 0 saturated carbocycles. The average molecular weight is 374 g/mol. The highest BCUT2D eigenvalue weighted by atomic mass is 32.2. The molecule has 1 aromatic rings. The molecule has 9 heteroatoms. The Labute approximate surface area is 145 Å². The first-order valence-electron chi connectivity index (χ1n) is 8.02. The number of piperidine rings is 1. The number of carboxylic acid groups (broad SMARTS) is 1. The molecular weight excluding hydrogens is 352 g/mol. The fraction of sp³-hybridized carbons (Fsp3) is 0.667. The SMILES string of the molecule is COCC1CCN(S(=O)(=O)c2sc3c(c2C(=O)O)CCNC3)CC1. The lowest BCUT2D eigenvalue weighted by atomic mass is 9.99. The van der Waals surface area contributed by atoms with Gasteiger partial charge in [0.1, 0.15) is 4.21 Å². The number of nitrogens with zero attached hydrogens (tertiary/aromatic N) is 1. The minimum Gasteiger partial charge on any atom is -0.478 e. The van der Waals surface area contributed by atoms with Crippen molar-refractivity contribution < 1.29 is 23.1 Å². The monoisotopic (exact) mass is 374 g/mol. The number of rotatable bonds is 5. The lowest BCUT2D eigenvalue weighted by molar-refractivity contribution is 0.0692. The predicted molar refractivity (Wildman–Crippen MR) is 90.0 cm³/mol. The van der Waals surface area contributed by atoms with Gasteiger partial charge in [-0.25, -0.2) is 13.2 Å². The molecule has 2 aliphatic rings. The van der Waals surface area contributed by atoms with E-state index in [0.29, 0.717) is 50.7 Å². The zero-order valence-corrected chi connectivity index (χ0v) is 15.2. The Morgan fingerprint density at radius 2 is 2.12 bits per heavy atom. The largest absolute Gasteiger partial charge is 0.478 e. The van der Waals surface area contributed by atoms with Crippen LogP contribution in [0, 0.1) is 5.92 Å². The Bertz CT molecular complexity index is 720. The molecule has 0 atom stereocenters. The number of carboxylic acids is 1. The first kappa shape index (κ1) is 17.8. The van der Waals surface area contributed by atoms with Crippen molar-refractivity contribution in [1.82, 2.24) is 9.62 Å². The number of aromatic carboxylic acids is 1. The van der Waals surface area contributed by atoms with E-state index in [4.69, 9.17) is 4.74 Å². The van der Waals surface area contributed by atoms with Crippen LogP contribution in [-0.2, 0) is 27.7 Å². The van der Waals surface area contributed by atoms with Gasteiger partial charge in [-0.3, -0.25) is 0 Å². The molecule has 0 bridgehead atoms. The van der Waals surface area contributed by atoms with Crippen LogP contribution in [0.3, 0.4) is 0 Å². The van der Waals surface area contributed by atoms with Gasteiger partial charge in [0, 0.05) is 38.2 Å². The van der Waals surface area contributed by atoms with Crippen molar-refractivity contribution in [2.24, 2.45) is 5.92 Å². The summed E-state index contributed by atoms with van der Waals surface area (Å²) in [4.78, 5) is 12.5. The van der Waals surface area contributed by atoms with E-state index >= 15 is 0 Å². The summed E-state index contributed by atoms with van der Waals surface area (Å²) < 4.78 is 32.6. The van der Waals surface area contributed by atoms with Crippen LogP contribution in [0.4, 0.5) is 0 Å². The standard InChI is InChI=1S/C15H22N2O5S2/c1-22-9-10-3-6-17(7-4-10)24(20,21)15-13(14(18)19)11-2-5-16-8-12(11)23-15/h10,16H,2-9H2,1H3,(H,18,19). The van der Waals surface area contributed by atoms with Crippen molar-refractivity contribution in [2.75, 3.05) is 33.4 Å². The molecule has 2 aliphatic heterocycles. The summed E-state index contributed by atoms with van der Waals surface area (Å²) in [6.07, 6.45) is 2.03. The highest BCUT2D eigenvalue weighted by Gasteiger charge is 2.37. The van der Waals surface area contributed by atoms with Gasteiger partial charge in [-0.1, -0.05) is 0 Å². The first-order valence-corrected chi connectivity index (χ1v) is 10.3. The maximum atomic E-state index is 13.0. The summed E-state index contributed by atoms with van der Waals surface area (Å²) in [5.74, 6) is -0.789. The fourth-order valence-corrected chi connectivity index (χ4v) is 6.85. The Balaban J connectivity index is 1.90. The molecule has 24 heavy (non-hydrogen) atoms. The van der Waals surface area contributed by atoms with Crippen LogP contribution in [0.25, 0.3) is 0 Å². The molecule has 0 aliphatic carbocycles. The van der Waals surface area contributed by atoms with E-state index in [2.05, 4.69) is 5.32 Å². The molecule has 1 aromatic heterocycles. The Morgan fingerprint density at radius 3 is 2.75 bits per heavy atom. The van der Waals surface area contributed by atoms with Crippen molar-refractivity contribution in [3.8, 4) is 0 Å². The molecule has 0 amide bonds. The Morgan fingerprint density at radius 1 is 1.42 bits per heavy atom. The number of nitrogens with one attached hydrogen (secondary N) is 1. The minimum absolute atomic E-state index is 0.00566. The topological polar surface area (TPSA) is 95.9 Å². The van der Waals surface area contributed by atoms with Crippen molar-refractivity contribution in [3.05, 3.63) is 16.0 Å². The Hall–Kier alpha value is -1.00. The van der Waals surface area contributed by atoms with Gasteiger partial charge >= 0.3 is 5.97 Å². The van der Waals surface area contributed by atoms with Crippen LogP contribution in [0.15, 0.2) is 4.21 Å². The van der Waals surface area contributed by atoms with Crippen LogP contribution in [-0.4, -0.2) is 57.1 Å². The second-order valence-corrected chi connectivity index (χ2v) is 9.44. The number of carbonyl (C=O) groups is 1. The first-order chi connectivity index (χ1) is 11.4. The van der Waals surface area contributed by atoms with Crippen molar-refractivity contribution >= 4 is 27.3 Å². The zero-order chi connectivity index (χ0) is 17.3. The molecule has 3 heterocycles. The average Bonchev–Trinajstić information content (AvgIpc) is 2.96. The van der Waals surface area contributed by atoms with E-state index in [0.717, 1.165) is 29.1 Å². The van der Waals surface area contributed by atoms with E-state index in [-0.39, 0.29) is 9.77 Å².